The Hall–Kier alpha value is -0.0151. The van der Waals surface area contributed by atoms with E-state index in [1.165, 1.54) is 0 Å². The first-order valence-corrected chi connectivity index (χ1v) is 7.37. The van der Waals surface area contributed by atoms with Crippen molar-refractivity contribution in [1.82, 2.24) is 0 Å². The highest BCUT2D eigenvalue weighted by Gasteiger charge is 2.41. The van der Waals surface area contributed by atoms with E-state index in [0.717, 1.165) is 6.42 Å². The van der Waals surface area contributed by atoms with E-state index in [9.17, 15) is 0 Å². The summed E-state index contributed by atoms with van der Waals surface area (Å²) in [5.74, 6) is 0. The fourth-order valence-corrected chi connectivity index (χ4v) is 2.48. The van der Waals surface area contributed by atoms with E-state index >= 15 is 0 Å². The molecule has 0 aromatic rings. The Balaban J connectivity index is 4.75. The average Bonchev–Trinajstić information content (AvgIpc) is 2.10. The molecule has 0 rings (SSSR count). The van der Waals surface area contributed by atoms with Gasteiger partial charge in [-0.3, -0.25) is 0 Å². The number of rotatable bonds is 8. The summed E-state index contributed by atoms with van der Waals surface area (Å²) in [7, 11) is 6.50. The van der Waals surface area contributed by atoms with Crippen LogP contribution in [0.25, 0.3) is 0 Å². The lowest BCUT2D eigenvalue weighted by atomic mass is 9.52. The summed E-state index contributed by atoms with van der Waals surface area (Å²) in [5.41, 5.74) is -0.254. The molecule has 0 aromatic carbocycles. The van der Waals surface area contributed by atoms with E-state index in [4.69, 9.17) is 17.3 Å². The van der Waals surface area contributed by atoms with E-state index in [2.05, 4.69) is 48.5 Å². The van der Waals surface area contributed by atoms with Crippen LogP contribution in [0.1, 0.15) is 68.7 Å². The molecular formula is C16H33BO2. The Labute approximate surface area is 122 Å². The molecule has 0 bridgehead atoms. The summed E-state index contributed by atoms with van der Waals surface area (Å²) in [5, 5.41) is -0.380. The van der Waals surface area contributed by atoms with Gasteiger partial charge in [0.1, 0.15) is 0 Å². The molecular weight excluding hydrogens is 235 g/mol. The first-order chi connectivity index (χ1) is 8.29. The highest BCUT2D eigenvalue weighted by molar-refractivity contribution is 6.15. The smallest absolute Gasteiger partial charge is 0.0781 e. The summed E-state index contributed by atoms with van der Waals surface area (Å²) in [6.45, 7) is 19.5. The average molecular weight is 268 g/mol. The minimum Gasteiger partial charge on any atom is -0.379 e. The van der Waals surface area contributed by atoms with E-state index in [-0.39, 0.29) is 28.5 Å². The highest BCUT2D eigenvalue weighted by atomic mass is 16.5. The maximum absolute atomic E-state index is 6.50. The summed E-state index contributed by atoms with van der Waals surface area (Å²) >= 11 is 0. The molecule has 0 fully saturated rings. The fourth-order valence-electron chi connectivity index (χ4n) is 2.48. The van der Waals surface area contributed by atoms with Crippen molar-refractivity contribution in [2.75, 3.05) is 6.61 Å². The van der Waals surface area contributed by atoms with Gasteiger partial charge in [-0.1, -0.05) is 20.8 Å². The first kappa shape index (κ1) is 19.0. The molecule has 0 spiro atoms. The van der Waals surface area contributed by atoms with Gasteiger partial charge in [-0.05, 0) is 58.7 Å². The minimum absolute atomic E-state index is 0.0692. The lowest BCUT2D eigenvalue weighted by Crippen LogP contribution is -2.41. The maximum atomic E-state index is 6.50. The van der Waals surface area contributed by atoms with Crippen LogP contribution < -0.4 is 0 Å². The second kappa shape index (κ2) is 6.63. The van der Waals surface area contributed by atoms with Gasteiger partial charge in [-0.25, -0.2) is 0 Å². The number of hydrogen-bond acceptors (Lipinski definition) is 2. The Morgan fingerprint density at radius 3 is 1.74 bits per heavy atom. The predicted molar refractivity (Wildman–Crippen MR) is 83.9 cm³/mol. The minimum atomic E-state index is -0.380. The molecule has 0 aliphatic heterocycles. The van der Waals surface area contributed by atoms with Gasteiger partial charge in [0, 0.05) is 6.61 Å². The fraction of sp³-hybridized carbons (Fsp3) is 1.00. The quantitative estimate of drug-likeness (QED) is 0.608. The summed E-state index contributed by atoms with van der Waals surface area (Å²) in [6.07, 6.45) is 1.33. The number of hydrogen-bond donors (Lipinski definition) is 0. The van der Waals surface area contributed by atoms with Crippen LogP contribution in [0.5, 0.6) is 0 Å². The van der Waals surface area contributed by atoms with Gasteiger partial charge in [0.25, 0.3) is 0 Å². The SMILES string of the molecule is [B]C(C)(COC(C)C)C(C)(C)CC(C)(C)OC(C)C. The van der Waals surface area contributed by atoms with Crippen molar-refractivity contribution in [3.05, 3.63) is 0 Å². The zero-order chi connectivity index (χ0) is 15.5. The van der Waals surface area contributed by atoms with Crippen LogP contribution >= 0.6 is 0 Å². The van der Waals surface area contributed by atoms with Crippen LogP contribution in [0, 0.1) is 5.41 Å². The molecule has 0 saturated heterocycles. The van der Waals surface area contributed by atoms with E-state index in [0.29, 0.717) is 6.61 Å². The van der Waals surface area contributed by atoms with Crippen molar-refractivity contribution < 1.29 is 9.47 Å². The zero-order valence-corrected chi connectivity index (χ0v) is 14.5. The van der Waals surface area contributed by atoms with Crippen LogP contribution in [-0.4, -0.2) is 32.3 Å². The van der Waals surface area contributed by atoms with Crippen LogP contribution in [-0.2, 0) is 9.47 Å². The molecule has 0 saturated carbocycles. The molecule has 0 aliphatic carbocycles. The van der Waals surface area contributed by atoms with Crippen molar-refractivity contribution in [3.63, 3.8) is 0 Å². The van der Waals surface area contributed by atoms with E-state index < -0.39 is 0 Å². The monoisotopic (exact) mass is 268 g/mol. The first-order valence-electron chi connectivity index (χ1n) is 7.37. The molecule has 112 valence electrons. The lowest BCUT2D eigenvalue weighted by Gasteiger charge is -2.47. The third-order valence-electron chi connectivity index (χ3n) is 3.68. The van der Waals surface area contributed by atoms with Crippen molar-refractivity contribution in [2.45, 2.75) is 91.9 Å². The van der Waals surface area contributed by atoms with Gasteiger partial charge in [-0.2, -0.15) is 0 Å². The van der Waals surface area contributed by atoms with Crippen molar-refractivity contribution in [3.8, 4) is 0 Å². The third-order valence-corrected chi connectivity index (χ3v) is 3.68. The topological polar surface area (TPSA) is 18.5 Å². The van der Waals surface area contributed by atoms with E-state index in [1.54, 1.807) is 0 Å². The molecule has 0 aliphatic rings. The van der Waals surface area contributed by atoms with Gasteiger partial charge >= 0.3 is 0 Å². The third kappa shape index (κ3) is 6.81. The molecule has 2 radical (unpaired) electrons. The molecule has 3 heteroatoms. The van der Waals surface area contributed by atoms with Crippen molar-refractivity contribution in [1.29, 1.82) is 0 Å². The second-order valence-electron chi connectivity index (χ2n) is 7.76. The predicted octanol–water partition coefficient (Wildman–Crippen LogP) is 4.38. The molecule has 1 unspecified atom stereocenters. The van der Waals surface area contributed by atoms with Gasteiger partial charge in [0.05, 0.1) is 25.7 Å². The van der Waals surface area contributed by atoms with Crippen LogP contribution in [0.4, 0.5) is 0 Å². The van der Waals surface area contributed by atoms with Gasteiger partial charge in [0.2, 0.25) is 0 Å². The molecule has 0 aromatic heterocycles. The standard InChI is InChI=1S/C16H33BO2/c1-12(2)18-11-16(9,17)14(5,6)10-15(7,8)19-13(3)4/h12-13H,10-11H2,1-9H3. The summed E-state index contributed by atoms with van der Waals surface area (Å²) in [6, 6.07) is 0. The Kier molecular flexibility index (Phi) is 6.62. The normalized spacial score (nSPS) is 17.0. The van der Waals surface area contributed by atoms with E-state index in [1.807, 2.05) is 13.8 Å². The summed E-state index contributed by atoms with van der Waals surface area (Å²) < 4.78 is 11.7. The number of ether oxygens (including phenoxy) is 2. The molecule has 2 nitrogen and oxygen atoms in total. The Morgan fingerprint density at radius 2 is 1.37 bits per heavy atom. The van der Waals surface area contributed by atoms with Gasteiger partial charge in [0.15, 0.2) is 0 Å². The largest absolute Gasteiger partial charge is 0.379 e. The molecule has 1 atom stereocenters. The lowest BCUT2D eigenvalue weighted by molar-refractivity contribution is -0.0890. The Morgan fingerprint density at radius 1 is 0.895 bits per heavy atom. The van der Waals surface area contributed by atoms with Gasteiger partial charge in [-0.15, -0.1) is 0 Å². The molecule has 0 heterocycles. The van der Waals surface area contributed by atoms with Crippen LogP contribution in [0.3, 0.4) is 0 Å². The highest BCUT2D eigenvalue weighted by Crippen LogP contribution is 2.48. The van der Waals surface area contributed by atoms with Crippen molar-refractivity contribution >= 4 is 7.85 Å². The molecule has 19 heavy (non-hydrogen) atoms. The van der Waals surface area contributed by atoms with Crippen molar-refractivity contribution in [2.24, 2.45) is 5.41 Å². The van der Waals surface area contributed by atoms with Crippen LogP contribution in [0.15, 0.2) is 0 Å². The van der Waals surface area contributed by atoms with Gasteiger partial charge < -0.3 is 9.47 Å². The Bertz CT molecular complexity index is 268. The molecule has 0 amide bonds. The summed E-state index contributed by atoms with van der Waals surface area (Å²) in [4.78, 5) is 0. The van der Waals surface area contributed by atoms with Crippen LogP contribution in [0.2, 0.25) is 5.31 Å². The zero-order valence-electron chi connectivity index (χ0n) is 14.5. The second-order valence-corrected chi connectivity index (χ2v) is 7.76. The maximum Gasteiger partial charge on any atom is 0.0781 e. The molecule has 0 N–H and O–H groups in total.